The van der Waals surface area contributed by atoms with Crippen LogP contribution in [0.3, 0.4) is 0 Å². The van der Waals surface area contributed by atoms with Crippen molar-refractivity contribution in [3.8, 4) is 6.07 Å². The van der Waals surface area contributed by atoms with Gasteiger partial charge in [-0.3, -0.25) is 14.0 Å². The summed E-state index contributed by atoms with van der Waals surface area (Å²) in [7, 11) is -3.87. The van der Waals surface area contributed by atoms with Crippen LogP contribution in [0.5, 0.6) is 0 Å². The Morgan fingerprint density at radius 3 is 2.17 bits per heavy atom. The smallest absolute Gasteiger partial charge is 0.256 e. The van der Waals surface area contributed by atoms with Gasteiger partial charge in [-0.2, -0.15) is 5.26 Å². The van der Waals surface area contributed by atoms with E-state index < -0.39 is 27.8 Å². The molecule has 8 nitrogen and oxygen atoms in total. The Morgan fingerprint density at radius 1 is 1.02 bits per heavy atom. The van der Waals surface area contributed by atoms with Crippen LogP contribution in [-0.4, -0.2) is 49.6 Å². The summed E-state index contributed by atoms with van der Waals surface area (Å²) in [5.74, 6) is -1.37. The number of aromatic nitrogens is 1. The first kappa shape index (κ1) is 29.5. The van der Waals surface area contributed by atoms with Gasteiger partial charge in [0.2, 0.25) is 10.0 Å². The molecule has 0 atom stereocenters. The number of nitriles is 1. The van der Waals surface area contributed by atoms with Gasteiger partial charge in [-0.25, -0.2) is 17.8 Å². The van der Waals surface area contributed by atoms with Crippen LogP contribution in [0.2, 0.25) is 10.0 Å². The average Bonchev–Trinajstić information content (AvgIpc) is 2.92. The third-order valence-electron chi connectivity index (χ3n) is 6.85. The molecular weight excluding hydrogens is 600 g/mol. The van der Waals surface area contributed by atoms with Gasteiger partial charge in [0, 0.05) is 34.9 Å². The van der Waals surface area contributed by atoms with E-state index in [-0.39, 0.29) is 28.7 Å². The number of amides is 1. The lowest BCUT2D eigenvalue weighted by Gasteiger charge is -2.48. The number of carbonyl (C=O) groups excluding carboxylic acids is 1. The van der Waals surface area contributed by atoms with E-state index in [0.717, 1.165) is 33.8 Å². The van der Waals surface area contributed by atoms with E-state index in [2.05, 4.69) is 15.2 Å². The molecular formula is C30H24Cl2FN5O3S. The molecule has 0 aliphatic carbocycles. The van der Waals surface area contributed by atoms with E-state index >= 15 is 0 Å². The third kappa shape index (κ3) is 6.55. The fourth-order valence-electron chi connectivity index (χ4n) is 5.01. The van der Waals surface area contributed by atoms with Crippen LogP contribution >= 0.6 is 23.2 Å². The van der Waals surface area contributed by atoms with E-state index in [0.29, 0.717) is 23.1 Å². The molecule has 1 aliphatic rings. The molecule has 1 fully saturated rings. The number of sulfonamides is 1. The van der Waals surface area contributed by atoms with Crippen molar-refractivity contribution in [3.05, 3.63) is 123 Å². The lowest BCUT2D eigenvalue weighted by molar-refractivity contribution is 0.102. The Morgan fingerprint density at radius 2 is 1.62 bits per heavy atom. The predicted molar refractivity (Wildman–Crippen MR) is 161 cm³/mol. The van der Waals surface area contributed by atoms with Crippen LogP contribution in [0, 0.1) is 17.1 Å². The van der Waals surface area contributed by atoms with E-state index in [4.69, 9.17) is 28.5 Å². The van der Waals surface area contributed by atoms with Crippen molar-refractivity contribution in [1.82, 2.24) is 9.88 Å². The Labute approximate surface area is 253 Å². The molecule has 4 aromatic rings. The Balaban J connectivity index is 1.42. The van der Waals surface area contributed by atoms with E-state index in [1.54, 1.807) is 24.3 Å². The summed E-state index contributed by atoms with van der Waals surface area (Å²) in [6, 6.07) is 22.4. The minimum atomic E-state index is -3.87. The van der Waals surface area contributed by atoms with Crippen LogP contribution < -0.4 is 9.62 Å². The maximum absolute atomic E-state index is 14.8. The number of anilines is 2. The minimum absolute atomic E-state index is 0.0283. The summed E-state index contributed by atoms with van der Waals surface area (Å²) < 4.78 is 42.0. The molecule has 0 radical (unpaired) electrons. The van der Waals surface area contributed by atoms with E-state index in [1.807, 2.05) is 30.3 Å². The van der Waals surface area contributed by atoms with Crippen LogP contribution in [0.15, 0.2) is 85.1 Å². The standard InChI is InChI=1S/C30H24Cl2FN5O3S/c1-42(40,41)38(26-14-22(13-25(33)15-26)30(39)36-28-12-19(16-34)10-11-35-28)27-17-37(18-27)29(20-2-6-23(31)7-3-20)21-4-8-24(32)9-5-21/h2-15,27,29H,17-18H2,1H3,(H,35,36,39). The second-order valence-electron chi connectivity index (χ2n) is 9.87. The first-order valence-electron chi connectivity index (χ1n) is 12.7. The number of hydrogen-bond acceptors (Lipinski definition) is 6. The highest BCUT2D eigenvalue weighted by atomic mass is 35.5. The van der Waals surface area contributed by atoms with Crippen molar-refractivity contribution in [1.29, 1.82) is 5.26 Å². The molecule has 0 saturated carbocycles. The number of likely N-dealkylation sites (tertiary alicyclic amines) is 1. The summed E-state index contributed by atoms with van der Waals surface area (Å²) in [6.45, 7) is 0.678. The summed E-state index contributed by atoms with van der Waals surface area (Å²) in [5.41, 5.74) is 2.14. The monoisotopic (exact) mass is 623 g/mol. The van der Waals surface area contributed by atoms with Gasteiger partial charge in [-0.15, -0.1) is 0 Å². The maximum Gasteiger partial charge on any atom is 0.256 e. The molecule has 5 rings (SSSR count). The molecule has 1 amide bonds. The van der Waals surface area contributed by atoms with Crippen molar-refractivity contribution >= 4 is 50.6 Å². The molecule has 0 unspecified atom stereocenters. The van der Waals surface area contributed by atoms with Gasteiger partial charge >= 0.3 is 0 Å². The van der Waals surface area contributed by atoms with E-state index in [1.165, 1.54) is 24.4 Å². The van der Waals surface area contributed by atoms with Crippen molar-refractivity contribution < 1.29 is 17.6 Å². The maximum atomic E-state index is 14.8. The number of hydrogen-bond donors (Lipinski definition) is 1. The summed E-state index contributed by atoms with van der Waals surface area (Å²) in [6.07, 6.45) is 2.41. The van der Waals surface area contributed by atoms with Crippen molar-refractivity contribution in [2.45, 2.75) is 12.1 Å². The van der Waals surface area contributed by atoms with Crippen LogP contribution in [0.25, 0.3) is 0 Å². The summed E-state index contributed by atoms with van der Waals surface area (Å²) in [4.78, 5) is 19.1. The van der Waals surface area contributed by atoms with Crippen LogP contribution in [-0.2, 0) is 10.0 Å². The predicted octanol–water partition coefficient (Wildman–Crippen LogP) is 5.89. The molecule has 1 saturated heterocycles. The van der Waals surface area contributed by atoms with Gasteiger partial charge in [0.25, 0.3) is 5.91 Å². The van der Waals surface area contributed by atoms with Gasteiger partial charge in [-0.1, -0.05) is 47.5 Å². The topological polar surface area (TPSA) is 106 Å². The SMILES string of the molecule is CS(=O)(=O)N(c1cc(F)cc(C(=O)Nc2cc(C#N)ccn2)c1)C1CN(C(c2ccc(Cl)cc2)c2ccc(Cl)cc2)C1. The molecule has 12 heteroatoms. The van der Waals surface area contributed by atoms with Crippen molar-refractivity contribution in [2.75, 3.05) is 29.0 Å². The lowest BCUT2D eigenvalue weighted by Crippen LogP contribution is -2.61. The number of benzene rings is 3. The number of carbonyl (C=O) groups is 1. The van der Waals surface area contributed by atoms with Gasteiger partial charge in [0.05, 0.1) is 35.7 Å². The quantitative estimate of drug-likeness (QED) is 0.262. The summed E-state index contributed by atoms with van der Waals surface area (Å²) >= 11 is 12.2. The Kier molecular flexibility index (Phi) is 8.48. The minimum Gasteiger partial charge on any atom is -0.307 e. The van der Waals surface area contributed by atoms with Gasteiger partial charge in [0.15, 0.2) is 0 Å². The molecule has 3 aromatic carbocycles. The lowest BCUT2D eigenvalue weighted by atomic mass is 9.93. The van der Waals surface area contributed by atoms with Gasteiger partial charge in [-0.05, 0) is 65.7 Å². The normalized spacial score (nSPS) is 13.8. The first-order chi connectivity index (χ1) is 20.0. The van der Waals surface area contributed by atoms with Crippen molar-refractivity contribution in [3.63, 3.8) is 0 Å². The van der Waals surface area contributed by atoms with Crippen molar-refractivity contribution in [2.24, 2.45) is 0 Å². The zero-order chi connectivity index (χ0) is 30.0. The zero-order valence-electron chi connectivity index (χ0n) is 22.2. The summed E-state index contributed by atoms with van der Waals surface area (Å²) in [5, 5.41) is 12.8. The molecule has 1 aliphatic heterocycles. The fourth-order valence-corrected chi connectivity index (χ4v) is 6.43. The van der Waals surface area contributed by atoms with Crippen LogP contribution in [0.4, 0.5) is 15.9 Å². The van der Waals surface area contributed by atoms with Gasteiger partial charge in [0.1, 0.15) is 11.6 Å². The fraction of sp³-hybridized carbons (Fsp3) is 0.167. The third-order valence-corrected chi connectivity index (χ3v) is 8.57. The number of nitrogens with one attached hydrogen (secondary N) is 1. The zero-order valence-corrected chi connectivity index (χ0v) is 24.5. The molecule has 2 heterocycles. The number of halogens is 3. The average molecular weight is 625 g/mol. The van der Waals surface area contributed by atoms with Crippen LogP contribution in [0.1, 0.15) is 33.1 Å². The second kappa shape index (κ2) is 12.1. The molecule has 0 spiro atoms. The largest absolute Gasteiger partial charge is 0.307 e. The molecule has 1 N–H and O–H groups in total. The number of pyridine rings is 1. The highest BCUT2D eigenvalue weighted by molar-refractivity contribution is 7.92. The van der Waals surface area contributed by atoms with E-state index in [9.17, 15) is 17.6 Å². The Bertz CT molecular complexity index is 1730. The molecule has 214 valence electrons. The molecule has 1 aromatic heterocycles. The first-order valence-corrected chi connectivity index (χ1v) is 15.3. The highest BCUT2D eigenvalue weighted by Crippen LogP contribution is 2.37. The highest BCUT2D eigenvalue weighted by Gasteiger charge is 2.41. The number of rotatable bonds is 8. The molecule has 0 bridgehead atoms. The Hall–Kier alpha value is -4.01. The van der Waals surface area contributed by atoms with Gasteiger partial charge < -0.3 is 5.32 Å². The number of nitrogens with zero attached hydrogens (tertiary/aromatic N) is 4. The second-order valence-corrected chi connectivity index (χ2v) is 12.6. The molecule has 42 heavy (non-hydrogen) atoms.